The summed E-state index contributed by atoms with van der Waals surface area (Å²) < 4.78 is 0. The second kappa shape index (κ2) is 8.29. The highest BCUT2D eigenvalue weighted by atomic mass is 16.1. The second-order valence-corrected chi connectivity index (χ2v) is 8.46. The maximum Gasteiger partial charge on any atom is 0.166 e. The number of nitriles is 1. The van der Waals surface area contributed by atoms with E-state index in [4.69, 9.17) is 0 Å². The van der Waals surface area contributed by atoms with Crippen molar-refractivity contribution in [3.05, 3.63) is 143 Å². The van der Waals surface area contributed by atoms with E-state index in [-0.39, 0.29) is 23.0 Å². The summed E-state index contributed by atoms with van der Waals surface area (Å²) in [7, 11) is 0. The van der Waals surface area contributed by atoms with Gasteiger partial charge in [-0.1, -0.05) is 103 Å². The Morgan fingerprint density at radius 2 is 1.22 bits per heavy atom. The molecule has 0 N–H and O–H groups in total. The molecule has 0 bridgehead atoms. The van der Waals surface area contributed by atoms with E-state index in [1.54, 1.807) is 0 Å². The van der Waals surface area contributed by atoms with Crippen molar-refractivity contribution in [3.63, 3.8) is 0 Å². The Morgan fingerprint density at radius 3 is 1.72 bits per heavy atom. The maximum absolute atomic E-state index is 13.6. The number of hydrogen-bond acceptors (Lipinski definition) is 2. The molecule has 2 heteroatoms. The van der Waals surface area contributed by atoms with Crippen LogP contribution in [0.5, 0.6) is 0 Å². The van der Waals surface area contributed by atoms with Crippen LogP contribution in [-0.2, 0) is 5.41 Å². The number of benzene rings is 4. The van der Waals surface area contributed by atoms with Crippen molar-refractivity contribution in [1.82, 2.24) is 0 Å². The third-order valence-corrected chi connectivity index (χ3v) is 6.85. The van der Waals surface area contributed by atoms with Gasteiger partial charge in [-0.2, -0.15) is 5.26 Å². The van der Waals surface area contributed by atoms with Gasteiger partial charge in [-0.3, -0.25) is 4.79 Å². The Kier molecular flexibility index (Phi) is 5.17. The average Bonchev–Trinajstić information content (AvgIpc) is 2.86. The standard InChI is InChI=1S/C30H23NO/c31-21-22-16-18-23(19-17-22)28-27(29(32)24-10-4-1-5-11-24)20-30(28,25-12-6-2-7-13-25)26-14-8-3-9-15-26/h1-19,27-28H,20H2/t27?,28-/m0/s1. The summed E-state index contributed by atoms with van der Waals surface area (Å²) >= 11 is 0. The molecule has 0 spiro atoms. The molecule has 1 saturated carbocycles. The van der Waals surface area contributed by atoms with Crippen LogP contribution >= 0.6 is 0 Å². The van der Waals surface area contributed by atoms with E-state index in [1.807, 2.05) is 66.7 Å². The first-order valence-electron chi connectivity index (χ1n) is 10.9. The van der Waals surface area contributed by atoms with E-state index in [2.05, 4.69) is 54.6 Å². The van der Waals surface area contributed by atoms with E-state index in [0.29, 0.717) is 5.56 Å². The second-order valence-electron chi connectivity index (χ2n) is 8.46. The third-order valence-electron chi connectivity index (χ3n) is 6.85. The largest absolute Gasteiger partial charge is 0.294 e. The number of rotatable bonds is 5. The van der Waals surface area contributed by atoms with Crippen molar-refractivity contribution >= 4 is 5.78 Å². The van der Waals surface area contributed by atoms with E-state index in [9.17, 15) is 10.1 Å². The zero-order valence-corrected chi connectivity index (χ0v) is 17.7. The highest BCUT2D eigenvalue weighted by Crippen LogP contribution is 2.62. The number of nitrogens with zero attached hydrogens (tertiary/aromatic N) is 1. The minimum atomic E-state index is -0.300. The van der Waals surface area contributed by atoms with Gasteiger partial charge in [0.1, 0.15) is 0 Å². The molecule has 0 amide bonds. The molecular weight excluding hydrogens is 390 g/mol. The van der Waals surface area contributed by atoms with Crippen LogP contribution in [0.1, 0.15) is 45.0 Å². The van der Waals surface area contributed by atoms with Crippen LogP contribution < -0.4 is 0 Å². The van der Waals surface area contributed by atoms with Crippen molar-refractivity contribution in [1.29, 1.82) is 5.26 Å². The topological polar surface area (TPSA) is 40.9 Å². The van der Waals surface area contributed by atoms with Gasteiger partial charge in [-0.25, -0.2) is 0 Å². The first kappa shape index (κ1) is 20.0. The molecule has 1 aliphatic rings. The van der Waals surface area contributed by atoms with Crippen LogP contribution in [-0.4, -0.2) is 5.78 Å². The SMILES string of the molecule is N#Cc1ccc([C@H]2C(C(=O)c3ccccc3)CC2(c2ccccc2)c2ccccc2)cc1. The zero-order valence-electron chi connectivity index (χ0n) is 17.7. The molecule has 4 aromatic rings. The van der Waals surface area contributed by atoms with Gasteiger partial charge in [0.25, 0.3) is 0 Å². The van der Waals surface area contributed by atoms with Crippen molar-refractivity contribution in [2.24, 2.45) is 5.92 Å². The smallest absolute Gasteiger partial charge is 0.166 e. The van der Waals surface area contributed by atoms with Crippen molar-refractivity contribution in [2.75, 3.05) is 0 Å². The van der Waals surface area contributed by atoms with E-state index in [0.717, 1.165) is 17.5 Å². The van der Waals surface area contributed by atoms with Gasteiger partial charge < -0.3 is 0 Å². The molecular formula is C30H23NO. The van der Waals surface area contributed by atoms with E-state index < -0.39 is 0 Å². The van der Waals surface area contributed by atoms with Gasteiger partial charge in [0, 0.05) is 22.8 Å². The Morgan fingerprint density at radius 1 is 0.719 bits per heavy atom. The number of Topliss-reactive ketones (excluding diaryl/α,β-unsaturated/α-hetero) is 1. The molecule has 2 nitrogen and oxygen atoms in total. The molecule has 1 aliphatic carbocycles. The first-order chi connectivity index (χ1) is 15.7. The van der Waals surface area contributed by atoms with Crippen LogP contribution in [0.4, 0.5) is 0 Å². The Balaban J connectivity index is 1.68. The first-order valence-corrected chi connectivity index (χ1v) is 10.9. The molecule has 4 aromatic carbocycles. The van der Waals surface area contributed by atoms with Crippen molar-refractivity contribution in [2.45, 2.75) is 17.8 Å². The minimum absolute atomic E-state index is 0.0206. The molecule has 32 heavy (non-hydrogen) atoms. The number of carbonyl (C=O) groups is 1. The molecule has 1 fully saturated rings. The third kappa shape index (κ3) is 3.24. The van der Waals surface area contributed by atoms with Gasteiger partial charge in [-0.15, -0.1) is 0 Å². The molecule has 154 valence electrons. The highest BCUT2D eigenvalue weighted by molar-refractivity contribution is 5.99. The summed E-state index contributed by atoms with van der Waals surface area (Å²) in [4.78, 5) is 13.6. The predicted octanol–water partition coefficient (Wildman–Crippen LogP) is 6.53. The maximum atomic E-state index is 13.6. The van der Waals surface area contributed by atoms with E-state index in [1.165, 1.54) is 11.1 Å². The van der Waals surface area contributed by atoms with Crippen LogP contribution in [0, 0.1) is 17.2 Å². The summed E-state index contributed by atoms with van der Waals surface area (Å²) in [5.74, 6) is 0.0287. The fraction of sp³-hybridized carbons (Fsp3) is 0.133. The lowest BCUT2D eigenvalue weighted by Crippen LogP contribution is -2.53. The summed E-state index contributed by atoms with van der Waals surface area (Å²) in [6.07, 6.45) is 0.749. The van der Waals surface area contributed by atoms with Crippen molar-refractivity contribution < 1.29 is 4.79 Å². The Labute approximate surface area is 188 Å². The summed E-state index contributed by atoms with van der Waals surface area (Å²) in [6.45, 7) is 0. The van der Waals surface area contributed by atoms with Gasteiger partial charge in [0.05, 0.1) is 11.6 Å². The zero-order chi connectivity index (χ0) is 22.0. The number of carbonyl (C=O) groups excluding carboxylic acids is 1. The average molecular weight is 414 g/mol. The quantitative estimate of drug-likeness (QED) is 0.349. The lowest BCUT2D eigenvalue weighted by molar-refractivity contribution is 0.0671. The molecule has 0 aliphatic heterocycles. The fourth-order valence-electron chi connectivity index (χ4n) is 5.35. The van der Waals surface area contributed by atoms with Crippen LogP contribution in [0.2, 0.25) is 0 Å². The lowest BCUT2D eigenvalue weighted by atomic mass is 9.45. The molecule has 0 saturated heterocycles. The lowest BCUT2D eigenvalue weighted by Gasteiger charge is -2.56. The van der Waals surface area contributed by atoms with Crippen LogP contribution in [0.25, 0.3) is 0 Å². The minimum Gasteiger partial charge on any atom is -0.294 e. The van der Waals surface area contributed by atoms with Gasteiger partial charge >= 0.3 is 0 Å². The summed E-state index contributed by atoms with van der Waals surface area (Å²) in [5.41, 5.74) is 4.62. The molecule has 0 radical (unpaired) electrons. The Bertz CT molecular complexity index is 1220. The summed E-state index contributed by atoms with van der Waals surface area (Å²) in [6, 6.07) is 40.6. The van der Waals surface area contributed by atoms with Gasteiger partial charge in [-0.05, 0) is 35.2 Å². The highest BCUT2D eigenvalue weighted by Gasteiger charge is 2.58. The van der Waals surface area contributed by atoms with Crippen LogP contribution in [0.15, 0.2) is 115 Å². The monoisotopic (exact) mass is 413 g/mol. The fourth-order valence-corrected chi connectivity index (χ4v) is 5.35. The van der Waals surface area contributed by atoms with Crippen molar-refractivity contribution in [3.8, 4) is 6.07 Å². The van der Waals surface area contributed by atoms with Gasteiger partial charge in [0.2, 0.25) is 0 Å². The number of ketones is 1. The van der Waals surface area contributed by atoms with E-state index >= 15 is 0 Å². The molecule has 5 rings (SSSR count). The predicted molar refractivity (Wildman–Crippen MR) is 126 cm³/mol. The van der Waals surface area contributed by atoms with Gasteiger partial charge in [0.15, 0.2) is 5.78 Å². The molecule has 0 aromatic heterocycles. The Hall–Kier alpha value is -3.96. The van der Waals surface area contributed by atoms with Crippen LogP contribution in [0.3, 0.4) is 0 Å². The molecule has 1 unspecified atom stereocenters. The number of hydrogen-bond donors (Lipinski definition) is 0. The molecule has 0 heterocycles. The summed E-state index contributed by atoms with van der Waals surface area (Å²) in [5, 5.41) is 9.28. The normalized spacial score (nSPS) is 18.8. The molecule has 2 atom stereocenters.